The van der Waals surface area contributed by atoms with Crippen LogP contribution < -0.4 is 5.32 Å². The Kier molecular flexibility index (Phi) is 5.08. The van der Waals surface area contributed by atoms with Gasteiger partial charge in [0.05, 0.1) is 0 Å². The molecule has 17 heavy (non-hydrogen) atoms. The third-order valence-corrected chi connectivity index (χ3v) is 3.66. The van der Waals surface area contributed by atoms with Gasteiger partial charge in [0.1, 0.15) is 15.7 Å². The first-order valence-electron chi connectivity index (χ1n) is 5.53. The summed E-state index contributed by atoms with van der Waals surface area (Å²) in [4.78, 5) is 0. The highest BCUT2D eigenvalue weighted by atomic mass is 32.2. The molecule has 0 amide bonds. The molecule has 0 aliphatic heterocycles. The summed E-state index contributed by atoms with van der Waals surface area (Å²) in [6.45, 7) is 0. The van der Waals surface area contributed by atoms with Gasteiger partial charge in [0.15, 0.2) is 0 Å². The molecule has 1 unspecified atom stereocenters. The molecule has 0 saturated heterocycles. The molecule has 1 atom stereocenters. The molecule has 0 fully saturated rings. The van der Waals surface area contributed by atoms with E-state index in [4.69, 9.17) is 0 Å². The van der Waals surface area contributed by atoms with Crippen molar-refractivity contribution in [1.82, 2.24) is 5.32 Å². The summed E-state index contributed by atoms with van der Waals surface area (Å²) in [5, 5.41) is 3.11. The lowest BCUT2D eigenvalue weighted by Crippen LogP contribution is -2.17. The Morgan fingerprint density at radius 2 is 1.88 bits per heavy atom. The zero-order valence-electron chi connectivity index (χ0n) is 10.1. The second-order valence-corrected chi connectivity index (χ2v) is 6.42. The van der Waals surface area contributed by atoms with Gasteiger partial charge in [-0.05, 0) is 37.6 Å². The maximum absolute atomic E-state index is 12.8. The summed E-state index contributed by atoms with van der Waals surface area (Å²) in [5.74, 6) is -0.0773. The molecule has 0 saturated carbocycles. The van der Waals surface area contributed by atoms with Gasteiger partial charge < -0.3 is 5.32 Å². The fraction of sp³-hybridized carbons (Fsp3) is 0.500. The highest BCUT2D eigenvalue weighted by Crippen LogP contribution is 2.18. The number of hydrogen-bond acceptors (Lipinski definition) is 3. The fourth-order valence-electron chi connectivity index (χ4n) is 1.72. The summed E-state index contributed by atoms with van der Waals surface area (Å²) in [6.07, 6.45) is 2.55. The molecule has 3 nitrogen and oxygen atoms in total. The lowest BCUT2D eigenvalue weighted by molar-refractivity contribution is 0.534. The normalized spacial score (nSPS) is 13.6. The molecule has 0 bridgehead atoms. The first-order chi connectivity index (χ1) is 7.92. The Morgan fingerprint density at radius 1 is 1.29 bits per heavy atom. The second-order valence-electron chi connectivity index (χ2n) is 4.16. The van der Waals surface area contributed by atoms with E-state index in [2.05, 4.69) is 5.32 Å². The standard InChI is InChI=1S/C12H18FNO2S/c1-14-12(4-3-9-17(2,15)16)10-5-7-11(13)8-6-10/h5-8,12,14H,3-4,9H2,1-2H3. The van der Waals surface area contributed by atoms with Gasteiger partial charge in [0.2, 0.25) is 0 Å². The molecule has 0 aromatic heterocycles. The van der Waals surface area contributed by atoms with Crippen LogP contribution in [0.4, 0.5) is 4.39 Å². The van der Waals surface area contributed by atoms with E-state index in [9.17, 15) is 12.8 Å². The van der Waals surface area contributed by atoms with Crippen LogP contribution in [0, 0.1) is 5.82 Å². The fourth-order valence-corrected chi connectivity index (χ4v) is 2.41. The van der Waals surface area contributed by atoms with Gasteiger partial charge in [-0.1, -0.05) is 12.1 Å². The van der Waals surface area contributed by atoms with Crippen molar-refractivity contribution in [2.45, 2.75) is 18.9 Å². The molecular weight excluding hydrogens is 241 g/mol. The van der Waals surface area contributed by atoms with Crippen LogP contribution in [-0.4, -0.2) is 27.5 Å². The maximum atomic E-state index is 12.8. The lowest BCUT2D eigenvalue weighted by Gasteiger charge is -2.16. The molecule has 1 N–H and O–H groups in total. The van der Waals surface area contributed by atoms with Gasteiger partial charge in [-0.25, -0.2) is 12.8 Å². The van der Waals surface area contributed by atoms with E-state index in [1.54, 1.807) is 12.1 Å². The highest BCUT2D eigenvalue weighted by Gasteiger charge is 2.10. The summed E-state index contributed by atoms with van der Waals surface area (Å²) < 4.78 is 34.8. The number of hydrogen-bond donors (Lipinski definition) is 1. The summed E-state index contributed by atoms with van der Waals surface area (Å²) in [6, 6.07) is 6.33. The summed E-state index contributed by atoms with van der Waals surface area (Å²) >= 11 is 0. The average Bonchev–Trinajstić information content (AvgIpc) is 2.24. The zero-order valence-corrected chi connectivity index (χ0v) is 10.9. The largest absolute Gasteiger partial charge is 0.313 e. The number of nitrogens with one attached hydrogen (secondary N) is 1. The van der Waals surface area contributed by atoms with Crippen molar-refractivity contribution in [2.75, 3.05) is 19.1 Å². The Labute approximate surface area is 102 Å². The summed E-state index contributed by atoms with van der Waals surface area (Å²) in [7, 11) is -1.09. The van der Waals surface area contributed by atoms with Crippen molar-refractivity contribution >= 4 is 9.84 Å². The molecule has 96 valence electrons. The molecule has 1 rings (SSSR count). The molecule has 0 aliphatic carbocycles. The van der Waals surface area contributed by atoms with E-state index in [-0.39, 0.29) is 17.6 Å². The quantitative estimate of drug-likeness (QED) is 0.849. The predicted molar refractivity (Wildman–Crippen MR) is 67.1 cm³/mol. The number of rotatable bonds is 6. The molecule has 0 heterocycles. The molecule has 1 aromatic rings. The number of sulfone groups is 1. The Hall–Kier alpha value is -0.940. The van der Waals surface area contributed by atoms with Gasteiger partial charge >= 0.3 is 0 Å². The maximum Gasteiger partial charge on any atom is 0.147 e. The van der Waals surface area contributed by atoms with Gasteiger partial charge in [0, 0.05) is 18.1 Å². The lowest BCUT2D eigenvalue weighted by atomic mass is 10.0. The molecule has 0 radical (unpaired) electrons. The number of halogens is 1. The second kappa shape index (κ2) is 6.12. The average molecular weight is 259 g/mol. The monoisotopic (exact) mass is 259 g/mol. The first kappa shape index (κ1) is 14.1. The van der Waals surface area contributed by atoms with Crippen LogP contribution in [0.1, 0.15) is 24.4 Å². The minimum Gasteiger partial charge on any atom is -0.313 e. The third kappa shape index (κ3) is 5.28. The Bertz CT molecular complexity index is 442. The van der Waals surface area contributed by atoms with Crippen LogP contribution in [0.2, 0.25) is 0 Å². The van der Waals surface area contributed by atoms with E-state index in [0.29, 0.717) is 6.42 Å². The van der Waals surface area contributed by atoms with Crippen LogP contribution in [0.3, 0.4) is 0 Å². The van der Waals surface area contributed by atoms with Gasteiger partial charge in [0.25, 0.3) is 0 Å². The topological polar surface area (TPSA) is 46.2 Å². The van der Waals surface area contributed by atoms with E-state index >= 15 is 0 Å². The Morgan fingerprint density at radius 3 is 2.35 bits per heavy atom. The minimum atomic E-state index is -2.90. The molecule has 0 spiro atoms. The SMILES string of the molecule is CNC(CCCS(C)(=O)=O)c1ccc(F)cc1. The number of benzene rings is 1. The third-order valence-electron chi connectivity index (χ3n) is 2.63. The molecule has 5 heteroatoms. The zero-order chi connectivity index (χ0) is 12.9. The van der Waals surface area contributed by atoms with Crippen molar-refractivity contribution in [2.24, 2.45) is 0 Å². The van der Waals surface area contributed by atoms with Crippen molar-refractivity contribution < 1.29 is 12.8 Å². The van der Waals surface area contributed by atoms with Crippen LogP contribution in [0.15, 0.2) is 24.3 Å². The minimum absolute atomic E-state index is 0.0670. The smallest absolute Gasteiger partial charge is 0.147 e. The van der Waals surface area contributed by atoms with Crippen molar-refractivity contribution in [3.05, 3.63) is 35.6 Å². The van der Waals surface area contributed by atoms with Crippen molar-refractivity contribution in [3.63, 3.8) is 0 Å². The summed E-state index contributed by atoms with van der Waals surface area (Å²) in [5.41, 5.74) is 0.974. The van der Waals surface area contributed by atoms with E-state index < -0.39 is 9.84 Å². The van der Waals surface area contributed by atoms with Crippen molar-refractivity contribution in [3.8, 4) is 0 Å². The van der Waals surface area contributed by atoms with E-state index in [1.165, 1.54) is 18.4 Å². The Balaban J connectivity index is 2.57. The van der Waals surface area contributed by atoms with Crippen LogP contribution in [-0.2, 0) is 9.84 Å². The first-order valence-corrected chi connectivity index (χ1v) is 7.59. The van der Waals surface area contributed by atoms with Crippen molar-refractivity contribution in [1.29, 1.82) is 0 Å². The van der Waals surface area contributed by atoms with Gasteiger partial charge in [-0.3, -0.25) is 0 Å². The predicted octanol–water partition coefficient (Wildman–Crippen LogP) is 1.91. The van der Waals surface area contributed by atoms with Gasteiger partial charge in [-0.15, -0.1) is 0 Å². The molecular formula is C12H18FNO2S. The molecule has 1 aromatic carbocycles. The van der Waals surface area contributed by atoms with Crippen LogP contribution in [0.5, 0.6) is 0 Å². The highest BCUT2D eigenvalue weighted by molar-refractivity contribution is 7.90. The van der Waals surface area contributed by atoms with Gasteiger partial charge in [-0.2, -0.15) is 0 Å². The van der Waals surface area contributed by atoms with Crippen LogP contribution >= 0.6 is 0 Å². The van der Waals surface area contributed by atoms with E-state index in [1.807, 2.05) is 7.05 Å². The van der Waals surface area contributed by atoms with Crippen LogP contribution in [0.25, 0.3) is 0 Å². The molecule has 0 aliphatic rings. The van der Waals surface area contributed by atoms with E-state index in [0.717, 1.165) is 12.0 Å².